The maximum Gasteiger partial charge on any atom is 0.122 e. The molecule has 0 radical (unpaired) electrons. The molecule has 2 aromatic carbocycles. The fourth-order valence-corrected chi connectivity index (χ4v) is 4.64. The summed E-state index contributed by atoms with van der Waals surface area (Å²) in [5.41, 5.74) is 3.84. The van der Waals surface area contributed by atoms with Gasteiger partial charge in [0.05, 0.1) is 12.7 Å². The molecule has 30 heavy (non-hydrogen) atoms. The van der Waals surface area contributed by atoms with E-state index in [1.807, 2.05) is 0 Å². The molecule has 0 amide bonds. The highest BCUT2D eigenvalue weighted by atomic mass is 16.5. The van der Waals surface area contributed by atoms with E-state index in [2.05, 4.69) is 86.7 Å². The van der Waals surface area contributed by atoms with Crippen LogP contribution in [-0.4, -0.2) is 40.0 Å². The average molecular weight is 411 g/mol. The van der Waals surface area contributed by atoms with Crippen molar-refractivity contribution in [2.45, 2.75) is 51.2 Å². The maximum atomic E-state index is 6.00. The standard InChI is InChI=1S/C26H38N2O2/c1-26(2)18-21(15-17-30-26)23(24-8-6-7-9-25(24)29-5)14-16-27-19-20-10-12-22(13-11-20)28(3)4/h6-13,21,23,27H,14-19H2,1-5H3/t21-,23+/m1/s1. The first-order chi connectivity index (χ1) is 14.4. The van der Waals surface area contributed by atoms with Gasteiger partial charge in [-0.2, -0.15) is 0 Å². The number of rotatable bonds is 9. The number of hydrogen-bond acceptors (Lipinski definition) is 4. The Labute approximate surface area is 182 Å². The lowest BCUT2D eigenvalue weighted by Gasteiger charge is -2.40. The van der Waals surface area contributed by atoms with Gasteiger partial charge in [0.15, 0.2) is 0 Å². The number of nitrogens with one attached hydrogen (secondary N) is 1. The van der Waals surface area contributed by atoms with Crippen LogP contribution in [0.25, 0.3) is 0 Å². The summed E-state index contributed by atoms with van der Waals surface area (Å²) < 4.78 is 11.7. The monoisotopic (exact) mass is 410 g/mol. The molecule has 1 saturated heterocycles. The molecule has 0 unspecified atom stereocenters. The van der Waals surface area contributed by atoms with Gasteiger partial charge in [0, 0.05) is 32.9 Å². The fourth-order valence-electron chi connectivity index (χ4n) is 4.64. The molecule has 4 nitrogen and oxygen atoms in total. The highest BCUT2D eigenvalue weighted by Crippen LogP contribution is 2.42. The fraction of sp³-hybridized carbons (Fsp3) is 0.538. The largest absolute Gasteiger partial charge is 0.496 e. The molecule has 1 fully saturated rings. The molecule has 2 aromatic rings. The number of para-hydroxylation sites is 1. The van der Waals surface area contributed by atoms with Crippen LogP contribution in [0.1, 0.15) is 50.2 Å². The van der Waals surface area contributed by atoms with Crippen LogP contribution in [0.4, 0.5) is 5.69 Å². The minimum absolute atomic E-state index is 0.0508. The Morgan fingerprint density at radius 1 is 1.13 bits per heavy atom. The van der Waals surface area contributed by atoms with Crippen molar-refractivity contribution >= 4 is 5.69 Å². The third-order valence-corrected chi connectivity index (χ3v) is 6.26. The molecule has 0 bridgehead atoms. The summed E-state index contributed by atoms with van der Waals surface area (Å²) in [6.45, 7) is 7.15. The van der Waals surface area contributed by atoms with Crippen LogP contribution in [0.15, 0.2) is 48.5 Å². The lowest BCUT2D eigenvalue weighted by Crippen LogP contribution is -2.37. The van der Waals surface area contributed by atoms with Crippen molar-refractivity contribution in [3.63, 3.8) is 0 Å². The lowest BCUT2D eigenvalue weighted by molar-refractivity contribution is -0.0772. The third-order valence-electron chi connectivity index (χ3n) is 6.26. The molecular formula is C26H38N2O2. The quantitative estimate of drug-likeness (QED) is 0.574. The smallest absolute Gasteiger partial charge is 0.122 e. The molecule has 0 spiro atoms. The molecular weight excluding hydrogens is 372 g/mol. The molecule has 1 heterocycles. The van der Waals surface area contributed by atoms with E-state index >= 15 is 0 Å². The minimum atomic E-state index is -0.0508. The van der Waals surface area contributed by atoms with Crippen LogP contribution >= 0.6 is 0 Å². The van der Waals surface area contributed by atoms with E-state index in [0.717, 1.165) is 44.7 Å². The molecule has 3 rings (SSSR count). The summed E-state index contributed by atoms with van der Waals surface area (Å²) in [5.74, 6) is 2.07. The summed E-state index contributed by atoms with van der Waals surface area (Å²) >= 11 is 0. The summed E-state index contributed by atoms with van der Waals surface area (Å²) in [4.78, 5) is 2.13. The molecule has 0 aliphatic carbocycles. The molecule has 2 atom stereocenters. The van der Waals surface area contributed by atoms with E-state index in [-0.39, 0.29) is 5.60 Å². The van der Waals surface area contributed by atoms with E-state index < -0.39 is 0 Å². The second-order valence-electron chi connectivity index (χ2n) is 9.24. The van der Waals surface area contributed by atoms with Crippen LogP contribution in [0.5, 0.6) is 5.75 Å². The summed E-state index contributed by atoms with van der Waals surface area (Å²) in [6, 6.07) is 17.3. The van der Waals surface area contributed by atoms with Gasteiger partial charge in [-0.1, -0.05) is 30.3 Å². The van der Waals surface area contributed by atoms with Crippen molar-refractivity contribution in [1.82, 2.24) is 5.32 Å². The van der Waals surface area contributed by atoms with Crippen LogP contribution in [0.2, 0.25) is 0 Å². The van der Waals surface area contributed by atoms with E-state index in [1.165, 1.54) is 16.8 Å². The molecule has 1 aliphatic rings. The highest BCUT2D eigenvalue weighted by Gasteiger charge is 2.34. The van der Waals surface area contributed by atoms with Gasteiger partial charge in [0.25, 0.3) is 0 Å². The molecule has 1 aliphatic heterocycles. The topological polar surface area (TPSA) is 33.7 Å². The number of anilines is 1. The average Bonchev–Trinajstić information content (AvgIpc) is 2.73. The first-order valence-corrected chi connectivity index (χ1v) is 11.1. The van der Waals surface area contributed by atoms with E-state index in [1.54, 1.807) is 7.11 Å². The van der Waals surface area contributed by atoms with Crippen molar-refractivity contribution in [3.05, 3.63) is 59.7 Å². The number of nitrogens with zero attached hydrogens (tertiary/aromatic N) is 1. The third kappa shape index (κ3) is 5.99. The molecule has 164 valence electrons. The minimum Gasteiger partial charge on any atom is -0.496 e. The van der Waals surface area contributed by atoms with Crippen LogP contribution in [0.3, 0.4) is 0 Å². The van der Waals surface area contributed by atoms with Gasteiger partial charge in [-0.25, -0.2) is 0 Å². The van der Waals surface area contributed by atoms with Gasteiger partial charge < -0.3 is 19.7 Å². The Hall–Kier alpha value is -2.04. The molecule has 0 aromatic heterocycles. The van der Waals surface area contributed by atoms with Crippen LogP contribution in [0, 0.1) is 5.92 Å². The Morgan fingerprint density at radius 2 is 1.87 bits per heavy atom. The highest BCUT2D eigenvalue weighted by molar-refractivity contribution is 5.46. The summed E-state index contributed by atoms with van der Waals surface area (Å²) in [5, 5.41) is 3.66. The summed E-state index contributed by atoms with van der Waals surface area (Å²) in [6.07, 6.45) is 3.29. The van der Waals surface area contributed by atoms with Crippen LogP contribution in [-0.2, 0) is 11.3 Å². The van der Waals surface area contributed by atoms with Crippen molar-refractivity contribution in [3.8, 4) is 5.75 Å². The van der Waals surface area contributed by atoms with Gasteiger partial charge in [-0.3, -0.25) is 0 Å². The first kappa shape index (κ1) is 22.6. The number of benzene rings is 2. The maximum absolute atomic E-state index is 6.00. The van der Waals surface area contributed by atoms with Crippen molar-refractivity contribution < 1.29 is 9.47 Å². The Balaban J connectivity index is 1.65. The van der Waals surface area contributed by atoms with Crippen molar-refractivity contribution in [1.29, 1.82) is 0 Å². The second-order valence-corrected chi connectivity index (χ2v) is 9.24. The van der Waals surface area contributed by atoms with Crippen molar-refractivity contribution in [2.24, 2.45) is 5.92 Å². The predicted molar refractivity (Wildman–Crippen MR) is 126 cm³/mol. The zero-order valence-electron chi connectivity index (χ0n) is 19.3. The first-order valence-electron chi connectivity index (χ1n) is 11.1. The molecule has 0 saturated carbocycles. The predicted octanol–water partition coefficient (Wildman–Crippen LogP) is 5.23. The van der Waals surface area contributed by atoms with E-state index in [9.17, 15) is 0 Å². The number of ether oxygens (including phenoxy) is 2. The van der Waals surface area contributed by atoms with Gasteiger partial charge in [0.1, 0.15) is 5.75 Å². The number of hydrogen-bond donors (Lipinski definition) is 1. The Morgan fingerprint density at radius 3 is 2.53 bits per heavy atom. The van der Waals surface area contributed by atoms with Gasteiger partial charge in [-0.05, 0) is 80.8 Å². The SMILES string of the molecule is COc1ccccc1[C@@H](CCNCc1ccc(N(C)C)cc1)[C@@H]1CCOC(C)(C)C1. The van der Waals surface area contributed by atoms with Crippen LogP contribution < -0.4 is 15.0 Å². The van der Waals surface area contributed by atoms with Gasteiger partial charge in [-0.15, -0.1) is 0 Å². The zero-order valence-corrected chi connectivity index (χ0v) is 19.3. The normalized spacial score (nSPS) is 19.3. The van der Waals surface area contributed by atoms with E-state index in [0.29, 0.717) is 11.8 Å². The second kappa shape index (κ2) is 10.3. The molecule has 1 N–H and O–H groups in total. The van der Waals surface area contributed by atoms with Gasteiger partial charge in [0.2, 0.25) is 0 Å². The Kier molecular flexibility index (Phi) is 7.79. The van der Waals surface area contributed by atoms with E-state index in [4.69, 9.17) is 9.47 Å². The lowest BCUT2D eigenvalue weighted by atomic mass is 9.75. The Bertz CT molecular complexity index is 786. The zero-order chi connectivity index (χ0) is 21.6. The summed E-state index contributed by atoms with van der Waals surface area (Å²) in [7, 11) is 5.92. The number of methoxy groups -OCH3 is 1. The van der Waals surface area contributed by atoms with Crippen molar-refractivity contribution in [2.75, 3.05) is 39.3 Å². The van der Waals surface area contributed by atoms with Gasteiger partial charge >= 0.3 is 0 Å². The molecule has 4 heteroatoms.